The highest BCUT2D eigenvalue weighted by Gasteiger charge is 2.20. The third-order valence-electron chi connectivity index (χ3n) is 5.90. The van der Waals surface area contributed by atoms with Crippen molar-refractivity contribution in [1.82, 2.24) is 14.5 Å². The van der Waals surface area contributed by atoms with Gasteiger partial charge >= 0.3 is 0 Å². The van der Waals surface area contributed by atoms with E-state index < -0.39 is 11.6 Å². The molecule has 4 aromatic rings. The second-order valence-electron chi connectivity index (χ2n) is 8.32. The van der Waals surface area contributed by atoms with Crippen LogP contribution in [0.4, 0.5) is 8.78 Å². The van der Waals surface area contributed by atoms with E-state index in [2.05, 4.69) is 40.7 Å². The average molecular weight is 446 g/mol. The molecule has 3 aromatic carbocycles. The van der Waals surface area contributed by atoms with E-state index in [0.29, 0.717) is 18.7 Å². The monoisotopic (exact) mass is 445 g/mol. The van der Waals surface area contributed by atoms with E-state index in [1.807, 2.05) is 43.4 Å². The van der Waals surface area contributed by atoms with Gasteiger partial charge in [-0.15, -0.1) is 0 Å². The molecule has 1 aromatic heterocycles. The van der Waals surface area contributed by atoms with Gasteiger partial charge in [0.05, 0.1) is 11.4 Å². The van der Waals surface area contributed by atoms with E-state index in [1.54, 1.807) is 6.07 Å². The summed E-state index contributed by atoms with van der Waals surface area (Å²) in [6.45, 7) is 3.97. The van der Waals surface area contributed by atoms with Crippen molar-refractivity contribution >= 4 is 0 Å². The molecular weight excluding hydrogens is 416 g/mol. The molecule has 0 aliphatic carbocycles. The summed E-state index contributed by atoms with van der Waals surface area (Å²) in [6, 6.07) is 24.1. The van der Waals surface area contributed by atoms with Crippen LogP contribution in [0.3, 0.4) is 0 Å². The number of imidazole rings is 1. The molecule has 3 nitrogen and oxygen atoms in total. The van der Waals surface area contributed by atoms with Crippen molar-refractivity contribution in [3.63, 3.8) is 0 Å². The molecule has 0 saturated carbocycles. The quantitative estimate of drug-likeness (QED) is 0.281. The first-order valence-electron chi connectivity index (χ1n) is 11.4. The molecule has 0 spiro atoms. The summed E-state index contributed by atoms with van der Waals surface area (Å²) in [6.07, 6.45) is 2.03. The number of benzene rings is 3. The summed E-state index contributed by atoms with van der Waals surface area (Å²) in [5.41, 5.74) is 4.60. The van der Waals surface area contributed by atoms with Gasteiger partial charge in [0.2, 0.25) is 0 Å². The van der Waals surface area contributed by atoms with Gasteiger partial charge in [0.1, 0.15) is 17.5 Å². The van der Waals surface area contributed by atoms with Crippen LogP contribution in [0.1, 0.15) is 31.0 Å². The Morgan fingerprint density at radius 3 is 2.15 bits per heavy atom. The van der Waals surface area contributed by atoms with Crippen molar-refractivity contribution in [3.05, 3.63) is 102 Å². The molecule has 0 atom stereocenters. The van der Waals surface area contributed by atoms with Gasteiger partial charge in [-0.1, -0.05) is 80.1 Å². The van der Waals surface area contributed by atoms with Crippen LogP contribution in [0, 0.1) is 11.6 Å². The Morgan fingerprint density at radius 2 is 1.52 bits per heavy atom. The number of nitrogens with zero attached hydrogens (tertiary/aromatic N) is 3. The fourth-order valence-electron chi connectivity index (χ4n) is 4.08. The zero-order valence-electron chi connectivity index (χ0n) is 19.1. The fourth-order valence-corrected chi connectivity index (χ4v) is 4.08. The summed E-state index contributed by atoms with van der Waals surface area (Å²) in [4.78, 5) is 7.25. The van der Waals surface area contributed by atoms with Gasteiger partial charge in [-0.3, -0.25) is 4.90 Å². The molecule has 170 valence electrons. The average Bonchev–Trinajstić information content (AvgIpc) is 3.16. The molecule has 0 fully saturated rings. The van der Waals surface area contributed by atoms with Gasteiger partial charge in [-0.2, -0.15) is 0 Å². The minimum Gasteiger partial charge on any atom is -0.329 e. The zero-order valence-corrected chi connectivity index (χ0v) is 19.1. The van der Waals surface area contributed by atoms with Crippen molar-refractivity contribution < 1.29 is 8.78 Å². The molecule has 0 bridgehead atoms. The van der Waals surface area contributed by atoms with Crippen LogP contribution in [0.5, 0.6) is 0 Å². The Kier molecular flexibility index (Phi) is 7.30. The summed E-state index contributed by atoms with van der Waals surface area (Å²) >= 11 is 0. The number of rotatable bonds is 9. The molecule has 0 amide bonds. The van der Waals surface area contributed by atoms with Crippen LogP contribution in [0.2, 0.25) is 0 Å². The van der Waals surface area contributed by atoms with Crippen molar-refractivity contribution in [1.29, 1.82) is 0 Å². The van der Waals surface area contributed by atoms with Gasteiger partial charge in [0, 0.05) is 42.9 Å². The lowest BCUT2D eigenvalue weighted by molar-refractivity contribution is 0.244. The fraction of sp³-hybridized carbons (Fsp3) is 0.250. The van der Waals surface area contributed by atoms with Crippen LogP contribution in [0.15, 0.2) is 78.9 Å². The van der Waals surface area contributed by atoms with Crippen molar-refractivity contribution in [3.8, 4) is 22.6 Å². The summed E-state index contributed by atoms with van der Waals surface area (Å²) in [5.74, 6) is -0.163. The van der Waals surface area contributed by atoms with Gasteiger partial charge < -0.3 is 4.57 Å². The van der Waals surface area contributed by atoms with Crippen LogP contribution >= 0.6 is 0 Å². The number of hydrogen-bond acceptors (Lipinski definition) is 2. The molecule has 0 saturated heterocycles. The number of unbranched alkanes of at least 4 members (excludes halogenated alkanes) is 1. The predicted octanol–water partition coefficient (Wildman–Crippen LogP) is 6.83. The Hall–Kier alpha value is -3.31. The van der Waals surface area contributed by atoms with Crippen LogP contribution < -0.4 is 0 Å². The number of halogens is 2. The van der Waals surface area contributed by atoms with Crippen LogP contribution in [-0.4, -0.2) is 21.0 Å². The molecule has 0 aliphatic rings. The number of aromatic nitrogens is 2. The Bertz CT molecular complexity index is 1190. The van der Waals surface area contributed by atoms with Crippen LogP contribution in [-0.2, 0) is 20.1 Å². The second kappa shape index (κ2) is 10.5. The topological polar surface area (TPSA) is 21.1 Å². The highest BCUT2D eigenvalue weighted by molar-refractivity contribution is 5.68. The Morgan fingerprint density at radius 1 is 0.848 bits per heavy atom. The van der Waals surface area contributed by atoms with E-state index in [9.17, 15) is 8.78 Å². The van der Waals surface area contributed by atoms with E-state index in [0.717, 1.165) is 53.8 Å². The molecule has 0 unspecified atom stereocenters. The molecule has 1 heterocycles. The molecule has 5 heteroatoms. The third-order valence-corrected chi connectivity index (χ3v) is 5.90. The maximum Gasteiger partial charge on any atom is 0.140 e. The molecule has 4 rings (SSSR count). The predicted molar refractivity (Wildman–Crippen MR) is 129 cm³/mol. The summed E-state index contributed by atoms with van der Waals surface area (Å²) in [5, 5.41) is 0. The molecule has 33 heavy (non-hydrogen) atoms. The largest absolute Gasteiger partial charge is 0.329 e. The lowest BCUT2D eigenvalue weighted by Gasteiger charge is -2.23. The SMILES string of the molecule is CCCCN(Cc1ccc(F)cc1F)Cc1c(-c2ccccc2)nc(-c2ccccc2)n1C. The second-order valence-corrected chi connectivity index (χ2v) is 8.32. The number of hydrogen-bond donors (Lipinski definition) is 0. The van der Waals surface area contributed by atoms with Gasteiger partial charge in [0.15, 0.2) is 0 Å². The normalized spacial score (nSPS) is 11.3. The Labute approximate surface area is 194 Å². The Balaban J connectivity index is 1.73. The smallest absolute Gasteiger partial charge is 0.140 e. The highest BCUT2D eigenvalue weighted by atomic mass is 19.1. The van der Waals surface area contributed by atoms with Crippen LogP contribution in [0.25, 0.3) is 22.6 Å². The van der Waals surface area contributed by atoms with Crippen molar-refractivity contribution in [2.75, 3.05) is 6.54 Å². The summed E-state index contributed by atoms with van der Waals surface area (Å²) in [7, 11) is 2.04. The molecule has 0 N–H and O–H groups in total. The van der Waals surface area contributed by atoms with Gasteiger partial charge in [-0.05, 0) is 19.0 Å². The first kappa shape index (κ1) is 22.9. The maximum atomic E-state index is 14.4. The lowest BCUT2D eigenvalue weighted by Crippen LogP contribution is -2.26. The van der Waals surface area contributed by atoms with E-state index in [-0.39, 0.29) is 0 Å². The minimum absolute atomic E-state index is 0.409. The maximum absolute atomic E-state index is 14.4. The molecular formula is C28H29F2N3. The third kappa shape index (κ3) is 5.37. The first-order valence-corrected chi connectivity index (χ1v) is 11.4. The van der Waals surface area contributed by atoms with E-state index in [1.165, 1.54) is 6.07 Å². The summed E-state index contributed by atoms with van der Waals surface area (Å²) < 4.78 is 30.0. The minimum atomic E-state index is -0.554. The van der Waals surface area contributed by atoms with Crippen molar-refractivity contribution in [2.24, 2.45) is 7.05 Å². The first-order chi connectivity index (χ1) is 16.1. The highest BCUT2D eigenvalue weighted by Crippen LogP contribution is 2.30. The molecule has 0 radical (unpaired) electrons. The van der Waals surface area contributed by atoms with Gasteiger partial charge in [0.25, 0.3) is 0 Å². The van der Waals surface area contributed by atoms with E-state index >= 15 is 0 Å². The van der Waals surface area contributed by atoms with Gasteiger partial charge in [-0.25, -0.2) is 13.8 Å². The zero-order chi connectivity index (χ0) is 23.2. The standard InChI is InChI=1S/C28H29F2N3/c1-3-4-17-33(19-23-15-16-24(29)18-25(23)30)20-26-27(21-11-7-5-8-12-21)31-28(32(26)2)22-13-9-6-10-14-22/h5-16,18H,3-4,17,19-20H2,1-2H3. The lowest BCUT2D eigenvalue weighted by atomic mass is 10.1. The van der Waals surface area contributed by atoms with E-state index in [4.69, 9.17) is 4.98 Å². The molecule has 0 aliphatic heterocycles. The van der Waals surface area contributed by atoms with Crippen molar-refractivity contribution in [2.45, 2.75) is 32.9 Å².